The van der Waals surface area contributed by atoms with Gasteiger partial charge < -0.3 is 15.4 Å². The molecule has 1 saturated heterocycles. The quantitative estimate of drug-likeness (QED) is 0.385. The van der Waals surface area contributed by atoms with Crippen molar-refractivity contribution in [2.75, 3.05) is 7.11 Å². The van der Waals surface area contributed by atoms with Crippen LogP contribution < -0.4 is 10.6 Å². The van der Waals surface area contributed by atoms with Crippen molar-refractivity contribution in [1.82, 2.24) is 10.6 Å². The number of rotatable bonds is 8. The van der Waals surface area contributed by atoms with E-state index in [1.54, 1.807) is 6.07 Å². The molecule has 0 spiro atoms. The van der Waals surface area contributed by atoms with Gasteiger partial charge in [-0.25, -0.2) is 4.79 Å². The molecule has 126 valence electrons. The first kappa shape index (κ1) is 19.0. The van der Waals surface area contributed by atoms with E-state index in [-0.39, 0.29) is 23.7 Å². The monoisotopic (exact) mass is 339 g/mol. The summed E-state index contributed by atoms with van der Waals surface area (Å²) in [6, 6.07) is 1.77. The fraction of sp³-hybridized carbons (Fsp3) is 0.667. The van der Waals surface area contributed by atoms with E-state index in [2.05, 4.69) is 17.6 Å². The van der Waals surface area contributed by atoms with Crippen LogP contribution in [0.2, 0.25) is 0 Å². The Balaban J connectivity index is 2.96. The van der Waals surface area contributed by atoms with E-state index in [0.717, 1.165) is 26.4 Å². The summed E-state index contributed by atoms with van der Waals surface area (Å²) in [5.74, 6) is -3.15. The highest BCUT2D eigenvalue weighted by Crippen LogP contribution is 2.28. The van der Waals surface area contributed by atoms with Crippen LogP contribution in [0.15, 0.2) is 0 Å². The van der Waals surface area contributed by atoms with Crippen LogP contribution in [-0.4, -0.2) is 35.4 Å². The van der Waals surface area contributed by atoms with E-state index in [1.807, 2.05) is 0 Å². The Morgan fingerprint density at radius 3 is 2.65 bits per heavy atom. The van der Waals surface area contributed by atoms with Crippen LogP contribution in [0.1, 0.15) is 45.4 Å². The summed E-state index contributed by atoms with van der Waals surface area (Å²) in [7, 11) is 1.14. The number of thiocarbonyl (C=S) groups is 1. The number of methoxy groups -OCH3 is 1. The number of nitrogens with one attached hydrogen (secondary N) is 2. The second-order valence-electron chi connectivity index (χ2n) is 5.49. The third kappa shape index (κ3) is 4.48. The number of nitrogens with zero attached hydrogens (tertiary/aromatic N) is 1. The van der Waals surface area contributed by atoms with Crippen molar-refractivity contribution in [1.29, 1.82) is 5.26 Å². The number of ketones is 1. The summed E-state index contributed by atoms with van der Waals surface area (Å²) in [5.41, 5.74) is -1.76. The molecule has 0 bridgehead atoms. The molecule has 1 rings (SSSR count). The number of esters is 1. The molecule has 2 atom stereocenters. The summed E-state index contributed by atoms with van der Waals surface area (Å²) in [4.78, 5) is 36.4. The highest BCUT2D eigenvalue weighted by atomic mass is 32.1. The van der Waals surface area contributed by atoms with Gasteiger partial charge in [0.25, 0.3) is 0 Å². The number of hydrogen-bond acceptors (Lipinski definition) is 6. The van der Waals surface area contributed by atoms with Gasteiger partial charge in [-0.05, 0) is 18.6 Å². The molecule has 0 unspecified atom stereocenters. The van der Waals surface area contributed by atoms with E-state index in [4.69, 9.17) is 17.0 Å². The Morgan fingerprint density at radius 2 is 2.09 bits per heavy atom. The molecule has 1 amide bonds. The molecular weight excluding hydrogens is 318 g/mol. The predicted molar refractivity (Wildman–Crippen MR) is 86.1 cm³/mol. The van der Waals surface area contributed by atoms with E-state index < -0.39 is 23.3 Å². The molecule has 0 aromatic rings. The lowest BCUT2D eigenvalue weighted by Crippen LogP contribution is -2.70. The molecule has 0 saturated carbocycles. The van der Waals surface area contributed by atoms with Crippen LogP contribution in [0.3, 0.4) is 0 Å². The van der Waals surface area contributed by atoms with Gasteiger partial charge in [0.1, 0.15) is 5.78 Å². The number of carbonyl (C=O) groups is 3. The average molecular weight is 339 g/mol. The minimum atomic E-state index is -1.76. The van der Waals surface area contributed by atoms with Crippen molar-refractivity contribution >= 4 is 35.0 Å². The fourth-order valence-corrected chi connectivity index (χ4v) is 2.88. The van der Waals surface area contributed by atoms with Crippen LogP contribution in [0.5, 0.6) is 0 Å². The highest BCUT2D eigenvalue weighted by molar-refractivity contribution is 7.80. The average Bonchev–Trinajstić information content (AvgIpc) is 2.50. The first-order chi connectivity index (χ1) is 10.9. The molecule has 1 heterocycles. The van der Waals surface area contributed by atoms with Crippen molar-refractivity contribution in [3.05, 3.63) is 0 Å². The minimum Gasteiger partial charge on any atom is -0.467 e. The van der Waals surface area contributed by atoms with Gasteiger partial charge in [0.2, 0.25) is 5.91 Å². The maximum Gasteiger partial charge on any atom is 0.333 e. The topological polar surface area (TPSA) is 108 Å². The van der Waals surface area contributed by atoms with Crippen LogP contribution >= 0.6 is 12.2 Å². The number of hydrogen-bond donors (Lipinski definition) is 2. The van der Waals surface area contributed by atoms with Crippen molar-refractivity contribution in [3.8, 4) is 6.07 Å². The highest BCUT2D eigenvalue weighted by Gasteiger charge is 2.55. The van der Waals surface area contributed by atoms with E-state index in [9.17, 15) is 19.6 Å². The largest absolute Gasteiger partial charge is 0.467 e. The third-order valence-corrected chi connectivity index (χ3v) is 4.00. The van der Waals surface area contributed by atoms with Gasteiger partial charge in [-0.1, -0.05) is 26.2 Å². The van der Waals surface area contributed by atoms with Gasteiger partial charge in [0.05, 0.1) is 13.2 Å². The molecule has 0 aliphatic carbocycles. The lowest BCUT2D eigenvalue weighted by molar-refractivity contribution is -0.154. The lowest BCUT2D eigenvalue weighted by Gasteiger charge is -2.38. The van der Waals surface area contributed by atoms with Crippen molar-refractivity contribution in [2.45, 2.75) is 51.0 Å². The Kier molecular flexibility index (Phi) is 7.10. The number of ether oxygens (including phenoxy) is 1. The summed E-state index contributed by atoms with van der Waals surface area (Å²) in [6.45, 7) is 2.07. The van der Waals surface area contributed by atoms with Crippen LogP contribution in [-0.2, 0) is 19.1 Å². The number of nitriles is 1. The Morgan fingerprint density at radius 1 is 1.39 bits per heavy atom. The molecule has 1 fully saturated rings. The molecule has 8 heteroatoms. The van der Waals surface area contributed by atoms with Gasteiger partial charge in [0.15, 0.2) is 16.6 Å². The zero-order valence-electron chi connectivity index (χ0n) is 13.3. The van der Waals surface area contributed by atoms with Gasteiger partial charge in [-0.3, -0.25) is 9.59 Å². The molecule has 7 nitrogen and oxygen atoms in total. The molecule has 0 radical (unpaired) electrons. The smallest absolute Gasteiger partial charge is 0.333 e. The zero-order valence-corrected chi connectivity index (χ0v) is 14.1. The normalized spacial score (nSPS) is 23.4. The molecule has 0 aromatic carbocycles. The summed E-state index contributed by atoms with van der Waals surface area (Å²) >= 11 is 4.90. The van der Waals surface area contributed by atoms with Crippen LogP contribution in [0, 0.1) is 17.2 Å². The Bertz CT molecular complexity index is 543. The third-order valence-electron chi connectivity index (χ3n) is 3.79. The second kappa shape index (κ2) is 8.58. The maximum absolute atomic E-state index is 12.2. The van der Waals surface area contributed by atoms with E-state index in [1.165, 1.54) is 0 Å². The Hall–Kier alpha value is -2.01. The molecule has 2 N–H and O–H groups in total. The second-order valence-corrected chi connectivity index (χ2v) is 5.90. The van der Waals surface area contributed by atoms with E-state index in [0.29, 0.717) is 6.42 Å². The summed E-state index contributed by atoms with van der Waals surface area (Å²) in [6.07, 6.45) is 3.68. The predicted octanol–water partition coefficient (Wildman–Crippen LogP) is 0.972. The number of amides is 1. The van der Waals surface area contributed by atoms with Crippen molar-refractivity contribution < 1.29 is 19.1 Å². The van der Waals surface area contributed by atoms with Gasteiger partial charge in [0, 0.05) is 12.8 Å². The van der Waals surface area contributed by atoms with Gasteiger partial charge in [-0.2, -0.15) is 5.26 Å². The molecule has 0 aromatic heterocycles. The summed E-state index contributed by atoms with van der Waals surface area (Å²) in [5, 5.41) is 14.1. The standard InChI is InChI=1S/C15H21N3O4S/c1-3-4-5-6-7-10(19)8-15(13(21)22-2)11(9-16)12(20)17-14(23)18-15/h11H,3-8H2,1-2H3,(H2,17,18,20,23)/t11-,15+/m0/s1. The SMILES string of the molecule is CCCCCCC(=O)C[C@@]1(C(=O)OC)NC(=S)NC(=O)[C@@H]1C#N. The Labute approximate surface area is 140 Å². The first-order valence-electron chi connectivity index (χ1n) is 7.54. The lowest BCUT2D eigenvalue weighted by atomic mass is 9.78. The number of unbranched alkanes of at least 4 members (excludes halogenated alkanes) is 3. The van der Waals surface area contributed by atoms with E-state index >= 15 is 0 Å². The molecule has 23 heavy (non-hydrogen) atoms. The van der Waals surface area contributed by atoms with Crippen LogP contribution in [0.25, 0.3) is 0 Å². The number of Topliss-reactive ketones (excluding diaryl/α,β-unsaturated/α-hetero) is 1. The molecule has 1 aliphatic heterocycles. The number of carbonyl (C=O) groups excluding carboxylic acids is 3. The zero-order chi connectivity index (χ0) is 17.5. The van der Waals surface area contributed by atoms with Crippen molar-refractivity contribution in [2.24, 2.45) is 5.92 Å². The van der Waals surface area contributed by atoms with Gasteiger partial charge in [-0.15, -0.1) is 0 Å². The minimum absolute atomic E-state index is 0.0920. The van der Waals surface area contributed by atoms with Crippen molar-refractivity contribution in [3.63, 3.8) is 0 Å². The molecular formula is C15H21N3O4S. The first-order valence-corrected chi connectivity index (χ1v) is 7.94. The summed E-state index contributed by atoms with van der Waals surface area (Å²) < 4.78 is 4.72. The maximum atomic E-state index is 12.2. The van der Waals surface area contributed by atoms with Crippen LogP contribution in [0.4, 0.5) is 0 Å². The fourth-order valence-electron chi connectivity index (χ4n) is 2.60. The van der Waals surface area contributed by atoms with Gasteiger partial charge >= 0.3 is 5.97 Å². The molecule has 1 aliphatic rings.